The molecule has 34 heavy (non-hydrogen) atoms. The van der Waals surface area contributed by atoms with Gasteiger partial charge in [-0.05, 0) is 97.0 Å². The number of aryl methyl sites for hydroxylation is 2. The Hall–Kier alpha value is -3.16. The lowest BCUT2D eigenvalue weighted by Gasteiger charge is -2.22. The van der Waals surface area contributed by atoms with Gasteiger partial charge in [-0.15, -0.1) is 0 Å². The van der Waals surface area contributed by atoms with Crippen LogP contribution in [0.5, 0.6) is 0 Å². The molecule has 3 aromatic rings. The van der Waals surface area contributed by atoms with Gasteiger partial charge in [-0.3, -0.25) is 4.79 Å². The van der Waals surface area contributed by atoms with Gasteiger partial charge in [-0.1, -0.05) is 36.4 Å². The summed E-state index contributed by atoms with van der Waals surface area (Å²) in [5.74, 6) is -0.336. The van der Waals surface area contributed by atoms with Crippen molar-refractivity contribution in [3.8, 4) is 0 Å². The molecule has 1 atom stereocenters. The molecule has 0 fully saturated rings. The molecule has 3 aromatic carbocycles. The largest absolute Gasteiger partial charge is 0.399 e. The second-order valence-corrected chi connectivity index (χ2v) is 10.9. The van der Waals surface area contributed by atoms with Crippen LogP contribution in [0.15, 0.2) is 65.6 Å². The topological polar surface area (TPSA) is 101 Å². The third-order valence-electron chi connectivity index (χ3n) is 6.81. The maximum absolute atomic E-state index is 13.6. The van der Waals surface area contributed by atoms with Gasteiger partial charge in [0.15, 0.2) is 0 Å². The van der Waals surface area contributed by atoms with Crippen molar-refractivity contribution in [2.24, 2.45) is 0 Å². The normalized spacial score (nSPS) is 15.5. The first-order valence-electron chi connectivity index (χ1n) is 11.8. The lowest BCUT2D eigenvalue weighted by Crippen LogP contribution is -2.45. The van der Waals surface area contributed by atoms with Crippen LogP contribution < -0.4 is 15.8 Å². The van der Waals surface area contributed by atoms with E-state index in [0.29, 0.717) is 5.69 Å². The SMILES string of the molecule is Nc1ccc(S(=O)(=O)N[C@H](Cc2ccccc2)C(=O)Nc2c3c(cc4c2CCC4)CCC3)cc1. The molecule has 0 radical (unpaired) electrons. The van der Waals surface area contributed by atoms with E-state index in [4.69, 9.17) is 5.73 Å². The minimum atomic E-state index is -3.92. The Balaban J connectivity index is 1.46. The molecule has 7 heteroatoms. The van der Waals surface area contributed by atoms with Crippen molar-refractivity contribution in [3.63, 3.8) is 0 Å². The van der Waals surface area contributed by atoms with Gasteiger partial charge in [-0.2, -0.15) is 4.72 Å². The van der Waals surface area contributed by atoms with E-state index in [1.807, 2.05) is 30.3 Å². The summed E-state index contributed by atoms with van der Waals surface area (Å²) in [6, 6.07) is 16.8. The first-order valence-corrected chi connectivity index (χ1v) is 13.3. The molecule has 0 aromatic heterocycles. The molecule has 1 amide bonds. The third-order valence-corrected chi connectivity index (χ3v) is 8.30. The van der Waals surface area contributed by atoms with Gasteiger partial charge < -0.3 is 11.1 Å². The molecular weight excluding hydrogens is 446 g/mol. The zero-order valence-electron chi connectivity index (χ0n) is 19.0. The number of nitrogens with one attached hydrogen (secondary N) is 2. The Morgan fingerprint density at radius 2 is 1.50 bits per heavy atom. The molecule has 5 rings (SSSR count). The van der Waals surface area contributed by atoms with E-state index in [0.717, 1.165) is 49.8 Å². The highest BCUT2D eigenvalue weighted by Crippen LogP contribution is 2.38. The first-order chi connectivity index (χ1) is 16.4. The van der Waals surface area contributed by atoms with Gasteiger partial charge in [0.25, 0.3) is 0 Å². The van der Waals surface area contributed by atoms with Crippen LogP contribution in [0, 0.1) is 0 Å². The summed E-state index contributed by atoms with van der Waals surface area (Å²) >= 11 is 0. The van der Waals surface area contributed by atoms with Crippen LogP contribution in [0.3, 0.4) is 0 Å². The number of carbonyl (C=O) groups excluding carboxylic acids is 1. The fraction of sp³-hybridized carbons (Fsp3) is 0.296. The maximum Gasteiger partial charge on any atom is 0.242 e. The highest BCUT2D eigenvalue weighted by Gasteiger charge is 2.30. The number of fused-ring (bicyclic) bond motifs is 2. The van der Waals surface area contributed by atoms with E-state index < -0.39 is 16.1 Å². The number of rotatable bonds is 7. The number of nitrogens with two attached hydrogens (primary N) is 1. The average Bonchev–Trinajstić information content (AvgIpc) is 3.49. The van der Waals surface area contributed by atoms with Crippen molar-refractivity contribution < 1.29 is 13.2 Å². The third kappa shape index (κ3) is 4.58. The van der Waals surface area contributed by atoms with Crippen LogP contribution in [0.25, 0.3) is 0 Å². The van der Waals surface area contributed by atoms with E-state index in [-0.39, 0.29) is 17.2 Å². The van der Waals surface area contributed by atoms with Crippen LogP contribution in [-0.4, -0.2) is 20.4 Å². The van der Waals surface area contributed by atoms with Gasteiger partial charge in [0, 0.05) is 11.4 Å². The minimum Gasteiger partial charge on any atom is -0.399 e. The van der Waals surface area contributed by atoms with Crippen molar-refractivity contribution in [3.05, 3.63) is 88.5 Å². The Morgan fingerprint density at radius 1 is 0.882 bits per heavy atom. The summed E-state index contributed by atoms with van der Waals surface area (Å²) in [6.07, 6.45) is 6.36. The second-order valence-electron chi connectivity index (χ2n) is 9.16. The summed E-state index contributed by atoms with van der Waals surface area (Å²) in [5, 5.41) is 3.16. The van der Waals surface area contributed by atoms with E-state index in [1.54, 1.807) is 0 Å². The molecule has 0 saturated carbocycles. The molecule has 176 valence electrons. The average molecular weight is 476 g/mol. The van der Waals surface area contributed by atoms with E-state index in [9.17, 15) is 13.2 Å². The molecule has 6 nitrogen and oxygen atoms in total. The van der Waals surface area contributed by atoms with Gasteiger partial charge in [0.2, 0.25) is 15.9 Å². The number of benzene rings is 3. The summed E-state index contributed by atoms with van der Waals surface area (Å²) in [7, 11) is -3.92. The van der Waals surface area contributed by atoms with Crippen LogP contribution >= 0.6 is 0 Å². The highest BCUT2D eigenvalue weighted by atomic mass is 32.2. The lowest BCUT2D eigenvalue weighted by molar-refractivity contribution is -0.117. The predicted octanol–water partition coefficient (Wildman–Crippen LogP) is 3.77. The van der Waals surface area contributed by atoms with Crippen molar-refractivity contribution >= 4 is 27.3 Å². The van der Waals surface area contributed by atoms with Crippen LogP contribution in [0.4, 0.5) is 11.4 Å². The fourth-order valence-corrected chi connectivity index (χ4v) is 6.31. The number of sulfonamides is 1. The maximum atomic E-state index is 13.6. The number of hydrogen-bond acceptors (Lipinski definition) is 4. The standard InChI is InChI=1S/C27H29N3O3S/c28-21-12-14-22(15-13-21)34(32,33)30-25(16-18-6-2-1-3-7-18)27(31)29-26-23-10-4-8-19(23)17-20-9-5-11-24(20)26/h1-3,6-7,12-15,17,25,30H,4-5,8-11,16,28H2,(H,29,31)/t25-/m1/s1. The van der Waals surface area contributed by atoms with Crippen molar-refractivity contribution in [2.45, 2.75) is 55.9 Å². The molecule has 0 heterocycles. The molecular formula is C27H29N3O3S. The Bertz CT molecular complexity index is 1290. The zero-order chi connectivity index (χ0) is 23.7. The predicted molar refractivity (Wildman–Crippen MR) is 134 cm³/mol. The van der Waals surface area contributed by atoms with Crippen molar-refractivity contribution in [1.82, 2.24) is 4.72 Å². The molecule has 0 saturated heterocycles. The molecule has 2 aliphatic rings. The van der Waals surface area contributed by atoms with E-state index in [1.165, 1.54) is 46.5 Å². The number of anilines is 2. The molecule has 2 aliphatic carbocycles. The molecule has 4 N–H and O–H groups in total. The van der Waals surface area contributed by atoms with E-state index >= 15 is 0 Å². The number of nitrogen functional groups attached to an aromatic ring is 1. The van der Waals surface area contributed by atoms with Gasteiger partial charge in [0.1, 0.15) is 6.04 Å². The smallest absolute Gasteiger partial charge is 0.242 e. The quantitative estimate of drug-likeness (QED) is 0.453. The van der Waals surface area contributed by atoms with Crippen molar-refractivity contribution in [1.29, 1.82) is 0 Å². The monoisotopic (exact) mass is 475 g/mol. The molecule has 0 unspecified atom stereocenters. The van der Waals surface area contributed by atoms with E-state index in [2.05, 4.69) is 16.1 Å². The van der Waals surface area contributed by atoms with Gasteiger partial charge >= 0.3 is 0 Å². The summed E-state index contributed by atoms with van der Waals surface area (Å²) in [6.45, 7) is 0. The summed E-state index contributed by atoms with van der Waals surface area (Å²) < 4.78 is 28.9. The lowest BCUT2D eigenvalue weighted by atomic mass is 9.98. The molecule has 0 aliphatic heterocycles. The number of hydrogen-bond donors (Lipinski definition) is 3. The second kappa shape index (κ2) is 9.24. The van der Waals surface area contributed by atoms with Crippen LogP contribution in [0.2, 0.25) is 0 Å². The molecule has 0 bridgehead atoms. The van der Waals surface area contributed by atoms with Gasteiger partial charge in [-0.25, -0.2) is 8.42 Å². The van der Waals surface area contributed by atoms with Gasteiger partial charge in [0.05, 0.1) is 4.90 Å². The Kier molecular flexibility index (Phi) is 6.15. The first kappa shape index (κ1) is 22.6. The summed E-state index contributed by atoms with van der Waals surface area (Å²) in [5.41, 5.74) is 13.1. The Morgan fingerprint density at radius 3 is 2.12 bits per heavy atom. The van der Waals surface area contributed by atoms with Crippen LogP contribution in [-0.2, 0) is 46.9 Å². The molecule has 0 spiro atoms. The minimum absolute atomic E-state index is 0.0778. The fourth-order valence-electron chi connectivity index (χ4n) is 5.12. The van der Waals surface area contributed by atoms with Crippen LogP contribution in [0.1, 0.15) is 40.7 Å². The zero-order valence-corrected chi connectivity index (χ0v) is 19.8. The Labute approximate surface area is 200 Å². The summed E-state index contributed by atoms with van der Waals surface area (Å²) in [4.78, 5) is 13.7. The number of amides is 1. The van der Waals surface area contributed by atoms with Crippen molar-refractivity contribution in [2.75, 3.05) is 11.1 Å². The number of carbonyl (C=O) groups is 1. The highest BCUT2D eigenvalue weighted by molar-refractivity contribution is 7.89.